The predicted octanol–water partition coefficient (Wildman–Crippen LogP) is 5.23. The Balaban J connectivity index is 1.54. The molecule has 7 heteroatoms. The third-order valence-corrected chi connectivity index (χ3v) is 6.54. The van der Waals surface area contributed by atoms with E-state index >= 15 is 0 Å². The van der Waals surface area contributed by atoms with Crippen molar-refractivity contribution in [2.24, 2.45) is 0 Å². The Morgan fingerprint density at radius 2 is 1.60 bits per heavy atom. The lowest BCUT2D eigenvalue weighted by atomic mass is 9.86. The molecule has 1 saturated heterocycles. The van der Waals surface area contributed by atoms with Crippen molar-refractivity contribution in [2.75, 3.05) is 67.4 Å². The first-order valence-electron chi connectivity index (χ1n) is 12.2. The molecular weight excluding hydrogens is 436 g/mol. The SMILES string of the molecule is COc1ccc(N2CCN(c3nc(Nc4cc(C(C)(C)C)ccc4C)cnc3N(C)C)CC2)cc1. The molecule has 1 N–H and O–H groups in total. The zero-order valence-electron chi connectivity index (χ0n) is 22.1. The van der Waals surface area contributed by atoms with Gasteiger partial charge < -0.3 is 24.8 Å². The van der Waals surface area contributed by atoms with E-state index in [9.17, 15) is 0 Å². The Bertz CT molecular complexity index is 1150. The van der Waals surface area contributed by atoms with Gasteiger partial charge in [-0.25, -0.2) is 9.97 Å². The number of piperazine rings is 1. The molecule has 186 valence electrons. The van der Waals surface area contributed by atoms with Crippen LogP contribution in [0.5, 0.6) is 5.75 Å². The topological polar surface area (TPSA) is 56.8 Å². The van der Waals surface area contributed by atoms with Crippen molar-refractivity contribution < 1.29 is 4.74 Å². The number of nitrogens with zero attached hydrogens (tertiary/aromatic N) is 5. The average molecular weight is 475 g/mol. The molecule has 1 aromatic heterocycles. The minimum absolute atomic E-state index is 0.0826. The highest BCUT2D eigenvalue weighted by Gasteiger charge is 2.23. The molecule has 1 aliphatic heterocycles. The summed E-state index contributed by atoms with van der Waals surface area (Å²) >= 11 is 0. The zero-order chi connectivity index (χ0) is 25.2. The monoisotopic (exact) mass is 474 g/mol. The number of anilines is 5. The number of nitrogens with one attached hydrogen (secondary N) is 1. The number of hydrogen-bond donors (Lipinski definition) is 1. The fourth-order valence-electron chi connectivity index (χ4n) is 4.29. The third-order valence-electron chi connectivity index (χ3n) is 6.54. The van der Waals surface area contributed by atoms with Crippen molar-refractivity contribution in [2.45, 2.75) is 33.1 Å². The van der Waals surface area contributed by atoms with Crippen LogP contribution in [-0.2, 0) is 5.41 Å². The molecule has 0 bridgehead atoms. The summed E-state index contributed by atoms with van der Waals surface area (Å²) in [5.41, 5.74) is 4.84. The smallest absolute Gasteiger partial charge is 0.174 e. The van der Waals surface area contributed by atoms with Crippen LogP contribution >= 0.6 is 0 Å². The van der Waals surface area contributed by atoms with Crippen molar-refractivity contribution in [3.63, 3.8) is 0 Å². The van der Waals surface area contributed by atoms with Crippen LogP contribution < -0.4 is 24.8 Å². The van der Waals surface area contributed by atoms with Crippen molar-refractivity contribution in [3.8, 4) is 5.75 Å². The summed E-state index contributed by atoms with van der Waals surface area (Å²) in [4.78, 5) is 16.6. The maximum atomic E-state index is 5.30. The lowest BCUT2D eigenvalue weighted by Crippen LogP contribution is -2.47. The summed E-state index contributed by atoms with van der Waals surface area (Å²) in [5.74, 6) is 3.44. The van der Waals surface area contributed by atoms with Crippen LogP contribution in [0.4, 0.5) is 28.8 Å². The van der Waals surface area contributed by atoms with Crippen LogP contribution in [0.3, 0.4) is 0 Å². The summed E-state index contributed by atoms with van der Waals surface area (Å²) in [7, 11) is 5.74. The molecule has 0 spiro atoms. The first-order valence-corrected chi connectivity index (χ1v) is 12.2. The van der Waals surface area contributed by atoms with Crippen LogP contribution in [0.1, 0.15) is 31.9 Å². The molecule has 2 heterocycles. The maximum Gasteiger partial charge on any atom is 0.174 e. The van der Waals surface area contributed by atoms with E-state index < -0.39 is 0 Å². The minimum atomic E-state index is 0.0826. The van der Waals surface area contributed by atoms with Crippen LogP contribution in [0.15, 0.2) is 48.7 Å². The molecule has 35 heavy (non-hydrogen) atoms. The Hall–Kier alpha value is -3.48. The van der Waals surface area contributed by atoms with E-state index in [4.69, 9.17) is 14.7 Å². The summed E-state index contributed by atoms with van der Waals surface area (Å²) in [6, 6.07) is 14.9. The summed E-state index contributed by atoms with van der Waals surface area (Å²) in [6.45, 7) is 12.4. The first-order chi connectivity index (χ1) is 16.7. The Morgan fingerprint density at radius 3 is 2.20 bits per heavy atom. The van der Waals surface area contributed by atoms with E-state index in [1.165, 1.54) is 16.8 Å². The number of hydrogen-bond acceptors (Lipinski definition) is 7. The number of aryl methyl sites for hydroxylation is 1. The Labute approximate surface area is 209 Å². The molecule has 1 fully saturated rings. The van der Waals surface area contributed by atoms with E-state index in [1.807, 2.05) is 37.3 Å². The van der Waals surface area contributed by atoms with Crippen LogP contribution in [0.2, 0.25) is 0 Å². The highest BCUT2D eigenvalue weighted by Crippen LogP contribution is 2.31. The van der Waals surface area contributed by atoms with E-state index in [0.717, 1.165) is 55.1 Å². The number of aromatic nitrogens is 2. The molecule has 4 rings (SSSR count). The highest BCUT2D eigenvalue weighted by molar-refractivity contribution is 5.68. The first kappa shape index (κ1) is 24.6. The van der Waals surface area contributed by atoms with E-state index in [1.54, 1.807) is 7.11 Å². The van der Waals surface area contributed by atoms with Crippen molar-refractivity contribution >= 4 is 28.8 Å². The third kappa shape index (κ3) is 5.61. The molecule has 0 amide bonds. The highest BCUT2D eigenvalue weighted by atomic mass is 16.5. The van der Waals surface area contributed by atoms with Gasteiger partial charge in [-0.05, 0) is 53.8 Å². The van der Waals surface area contributed by atoms with Gasteiger partial charge in [0.1, 0.15) is 5.75 Å². The maximum absolute atomic E-state index is 5.30. The van der Waals surface area contributed by atoms with Gasteiger partial charge in [0.05, 0.1) is 13.3 Å². The van der Waals surface area contributed by atoms with Crippen LogP contribution in [-0.4, -0.2) is 57.4 Å². The van der Waals surface area contributed by atoms with Gasteiger partial charge in [0.25, 0.3) is 0 Å². The number of methoxy groups -OCH3 is 1. The zero-order valence-corrected chi connectivity index (χ0v) is 22.1. The number of benzene rings is 2. The van der Waals surface area contributed by atoms with E-state index in [2.05, 4.69) is 73.1 Å². The molecule has 0 saturated carbocycles. The molecule has 2 aromatic carbocycles. The minimum Gasteiger partial charge on any atom is -0.497 e. The predicted molar refractivity (Wildman–Crippen MR) is 147 cm³/mol. The molecule has 0 unspecified atom stereocenters. The van der Waals surface area contributed by atoms with Crippen molar-refractivity contribution in [1.82, 2.24) is 9.97 Å². The van der Waals surface area contributed by atoms with Gasteiger partial charge in [0.15, 0.2) is 17.5 Å². The summed E-state index contributed by atoms with van der Waals surface area (Å²) < 4.78 is 5.30. The van der Waals surface area contributed by atoms with E-state index in [0.29, 0.717) is 0 Å². The fraction of sp³-hybridized carbons (Fsp3) is 0.429. The van der Waals surface area contributed by atoms with Gasteiger partial charge in [-0.1, -0.05) is 32.9 Å². The van der Waals surface area contributed by atoms with Gasteiger partial charge in [-0.3, -0.25) is 0 Å². The fourth-order valence-corrected chi connectivity index (χ4v) is 4.29. The second kappa shape index (κ2) is 10.0. The molecule has 7 nitrogen and oxygen atoms in total. The Kier molecular flexibility index (Phi) is 7.05. The number of rotatable bonds is 6. The van der Waals surface area contributed by atoms with Crippen molar-refractivity contribution in [3.05, 3.63) is 59.8 Å². The lowest BCUT2D eigenvalue weighted by Gasteiger charge is -2.37. The van der Waals surface area contributed by atoms with Gasteiger partial charge in [-0.15, -0.1) is 0 Å². The molecule has 3 aromatic rings. The number of ether oxygens (including phenoxy) is 1. The van der Waals surface area contributed by atoms with Crippen LogP contribution in [0, 0.1) is 6.92 Å². The second-order valence-corrected chi connectivity index (χ2v) is 10.4. The molecule has 0 atom stereocenters. The van der Waals surface area contributed by atoms with Crippen molar-refractivity contribution in [1.29, 1.82) is 0 Å². The summed E-state index contributed by atoms with van der Waals surface area (Å²) in [5, 5.41) is 3.53. The molecular formula is C28H38N6O. The lowest BCUT2D eigenvalue weighted by molar-refractivity contribution is 0.415. The average Bonchev–Trinajstić information content (AvgIpc) is 2.84. The molecule has 1 aliphatic rings. The molecule has 0 radical (unpaired) electrons. The summed E-state index contributed by atoms with van der Waals surface area (Å²) in [6.07, 6.45) is 1.83. The van der Waals surface area contributed by atoms with Gasteiger partial charge in [-0.2, -0.15) is 0 Å². The molecule has 0 aliphatic carbocycles. The standard InChI is InChI=1S/C28H38N6O/c1-20-8-9-21(28(2,3)4)18-24(20)30-25-19-29-26(32(5)6)27(31-25)34-16-14-33(15-17-34)22-10-12-23(35-7)13-11-22/h8-13,18-19H,14-17H2,1-7H3,(H,30,31). The Morgan fingerprint density at radius 1 is 0.943 bits per heavy atom. The van der Waals surface area contributed by atoms with Gasteiger partial charge in [0.2, 0.25) is 0 Å². The van der Waals surface area contributed by atoms with Gasteiger partial charge >= 0.3 is 0 Å². The quantitative estimate of drug-likeness (QED) is 0.525. The van der Waals surface area contributed by atoms with Crippen LogP contribution in [0.25, 0.3) is 0 Å². The van der Waals surface area contributed by atoms with Gasteiger partial charge in [0, 0.05) is 51.6 Å². The van der Waals surface area contributed by atoms with E-state index in [-0.39, 0.29) is 5.41 Å². The largest absolute Gasteiger partial charge is 0.497 e. The normalized spacial score (nSPS) is 14.1. The second-order valence-electron chi connectivity index (χ2n) is 10.4.